The van der Waals surface area contributed by atoms with Crippen molar-refractivity contribution in [3.63, 3.8) is 0 Å². The first-order chi connectivity index (χ1) is 19.3. The molecule has 0 atom stereocenters. The van der Waals surface area contributed by atoms with Gasteiger partial charge in [0.15, 0.2) is 0 Å². The molecule has 40 heavy (non-hydrogen) atoms. The molecule has 1 heterocycles. The van der Waals surface area contributed by atoms with Crippen LogP contribution in [-0.4, -0.2) is 59.6 Å². The van der Waals surface area contributed by atoms with Gasteiger partial charge in [0, 0.05) is 43.5 Å². The Morgan fingerprint density at radius 3 is 2.45 bits per heavy atom. The van der Waals surface area contributed by atoms with E-state index in [1.807, 2.05) is 48.5 Å². The first kappa shape index (κ1) is 28.7. The lowest BCUT2D eigenvalue weighted by Crippen LogP contribution is -2.33. The van der Waals surface area contributed by atoms with Gasteiger partial charge in [-0.25, -0.2) is 18.4 Å². The number of aromatic nitrogens is 2. The van der Waals surface area contributed by atoms with Gasteiger partial charge in [0.05, 0.1) is 11.9 Å². The number of nitrogens with zero attached hydrogens (tertiary/aromatic N) is 3. The Labute approximate surface area is 235 Å². The highest BCUT2D eigenvalue weighted by atomic mass is 32.2. The highest BCUT2D eigenvalue weighted by Crippen LogP contribution is 2.21. The fourth-order valence-electron chi connectivity index (χ4n) is 4.13. The number of hydrogen-bond acceptors (Lipinski definition) is 7. The molecule has 0 fully saturated rings. The molecule has 0 aliphatic rings. The Hall–Kier alpha value is -4.28. The predicted octanol–water partition coefficient (Wildman–Crippen LogP) is 4.09. The molecule has 0 bridgehead atoms. The van der Waals surface area contributed by atoms with E-state index in [1.165, 1.54) is 10.6 Å². The molecule has 4 rings (SSSR count). The van der Waals surface area contributed by atoms with Crippen LogP contribution in [0.2, 0.25) is 0 Å². The van der Waals surface area contributed by atoms with Crippen LogP contribution < -0.4 is 10.6 Å². The number of phenolic OH excluding ortho intramolecular Hbond substituents is 1. The van der Waals surface area contributed by atoms with Crippen LogP contribution >= 0.6 is 0 Å². The van der Waals surface area contributed by atoms with Gasteiger partial charge in [-0.2, -0.15) is 4.31 Å². The van der Waals surface area contributed by atoms with Gasteiger partial charge in [-0.15, -0.1) is 0 Å². The van der Waals surface area contributed by atoms with E-state index >= 15 is 0 Å². The van der Waals surface area contributed by atoms with Gasteiger partial charge >= 0.3 is 0 Å². The van der Waals surface area contributed by atoms with Crippen molar-refractivity contribution in [2.45, 2.75) is 19.4 Å². The highest BCUT2D eigenvalue weighted by Gasteiger charge is 2.17. The fraction of sp³-hybridized carbons (Fsp3) is 0.233. The Morgan fingerprint density at radius 1 is 0.925 bits per heavy atom. The number of carbonyl (C=O) groups excluding carboxylic acids is 1. The lowest BCUT2D eigenvalue weighted by atomic mass is 10.1. The Bertz CT molecular complexity index is 1510. The number of aromatic hydroxyl groups is 1. The minimum absolute atomic E-state index is 0.182. The minimum Gasteiger partial charge on any atom is -0.508 e. The number of amides is 1. The molecular weight excluding hydrogens is 526 g/mol. The summed E-state index contributed by atoms with van der Waals surface area (Å²) in [7, 11) is -3.46. The molecule has 0 saturated carbocycles. The van der Waals surface area contributed by atoms with Crippen LogP contribution in [0.5, 0.6) is 5.75 Å². The van der Waals surface area contributed by atoms with E-state index in [4.69, 9.17) is 0 Å². The molecule has 1 amide bonds. The summed E-state index contributed by atoms with van der Waals surface area (Å²) in [4.78, 5) is 21.2. The normalized spacial score (nSPS) is 11.3. The summed E-state index contributed by atoms with van der Waals surface area (Å²) < 4.78 is 26.4. The molecule has 4 aromatic rings. The van der Waals surface area contributed by atoms with Gasteiger partial charge in [-0.05, 0) is 60.4 Å². The molecule has 0 aliphatic heterocycles. The fourth-order valence-corrected chi connectivity index (χ4v) is 4.97. The first-order valence-electron chi connectivity index (χ1n) is 13.0. The van der Waals surface area contributed by atoms with Crippen LogP contribution in [0.15, 0.2) is 91.1 Å². The van der Waals surface area contributed by atoms with Gasteiger partial charge in [0.2, 0.25) is 16.0 Å². The molecule has 1 aromatic heterocycles. The molecule has 0 spiro atoms. The van der Waals surface area contributed by atoms with Crippen LogP contribution in [0.25, 0.3) is 11.3 Å². The van der Waals surface area contributed by atoms with Gasteiger partial charge in [0.25, 0.3) is 5.91 Å². The second-order valence-corrected chi connectivity index (χ2v) is 11.4. The quantitative estimate of drug-likeness (QED) is 0.211. The third-order valence-corrected chi connectivity index (χ3v) is 7.49. The van der Waals surface area contributed by atoms with Crippen molar-refractivity contribution in [3.05, 3.63) is 108 Å². The number of nitrogens with one attached hydrogen (secondary N) is 2. The zero-order valence-electron chi connectivity index (χ0n) is 22.3. The van der Waals surface area contributed by atoms with Crippen molar-refractivity contribution in [2.75, 3.05) is 31.2 Å². The summed E-state index contributed by atoms with van der Waals surface area (Å²) in [5.41, 5.74) is 4.06. The summed E-state index contributed by atoms with van der Waals surface area (Å²) in [5, 5.41) is 15.5. The van der Waals surface area contributed by atoms with Crippen molar-refractivity contribution in [2.24, 2.45) is 0 Å². The van der Waals surface area contributed by atoms with Crippen molar-refractivity contribution >= 4 is 21.9 Å². The number of rotatable bonds is 13. The highest BCUT2D eigenvalue weighted by molar-refractivity contribution is 7.88. The van der Waals surface area contributed by atoms with E-state index in [0.29, 0.717) is 31.0 Å². The maximum Gasteiger partial charge on any atom is 0.251 e. The number of benzene rings is 3. The molecule has 9 nitrogen and oxygen atoms in total. The van der Waals surface area contributed by atoms with E-state index in [0.717, 1.165) is 28.8 Å². The average Bonchev–Trinajstić information content (AvgIpc) is 2.96. The van der Waals surface area contributed by atoms with Crippen molar-refractivity contribution in [1.29, 1.82) is 0 Å². The number of sulfonamides is 1. The molecule has 208 valence electrons. The molecule has 3 aromatic carbocycles. The molecule has 0 aliphatic carbocycles. The number of phenols is 1. The maximum absolute atomic E-state index is 12.5. The maximum atomic E-state index is 12.5. The second-order valence-electron chi connectivity index (χ2n) is 9.38. The minimum atomic E-state index is -3.46. The monoisotopic (exact) mass is 559 g/mol. The molecule has 10 heteroatoms. The summed E-state index contributed by atoms with van der Waals surface area (Å²) >= 11 is 0. The number of anilines is 1. The Kier molecular flexibility index (Phi) is 9.82. The summed E-state index contributed by atoms with van der Waals surface area (Å²) in [5.74, 6) is 0.553. The molecule has 0 radical (unpaired) electrons. The van der Waals surface area contributed by atoms with E-state index in [1.54, 1.807) is 42.6 Å². The van der Waals surface area contributed by atoms with Gasteiger partial charge in [-0.3, -0.25) is 4.79 Å². The zero-order valence-corrected chi connectivity index (χ0v) is 23.1. The Balaban J connectivity index is 1.34. The van der Waals surface area contributed by atoms with Crippen LogP contribution in [0.3, 0.4) is 0 Å². The van der Waals surface area contributed by atoms with Crippen molar-refractivity contribution < 1.29 is 18.3 Å². The first-order valence-corrected chi connectivity index (χ1v) is 14.9. The van der Waals surface area contributed by atoms with Crippen molar-refractivity contribution in [1.82, 2.24) is 19.6 Å². The molecular formula is C30H33N5O4S. The lowest BCUT2D eigenvalue weighted by Gasteiger charge is -2.20. The number of carbonyl (C=O) groups is 1. The van der Waals surface area contributed by atoms with Gasteiger partial charge in [0.1, 0.15) is 5.75 Å². The van der Waals surface area contributed by atoms with Gasteiger partial charge < -0.3 is 15.7 Å². The second kappa shape index (κ2) is 13.7. The van der Waals surface area contributed by atoms with Crippen LogP contribution in [0.4, 0.5) is 5.95 Å². The lowest BCUT2D eigenvalue weighted by molar-refractivity contribution is 0.0952. The third-order valence-electron chi connectivity index (χ3n) is 6.25. The van der Waals surface area contributed by atoms with Crippen molar-refractivity contribution in [3.8, 4) is 17.0 Å². The smallest absolute Gasteiger partial charge is 0.251 e. The Morgan fingerprint density at radius 2 is 1.70 bits per heavy atom. The molecule has 0 unspecified atom stereocenters. The standard InChI is InChI=1S/C30H33N5O4S/c1-40(38,39)35(20-6-17-31-29(37)25-8-3-2-4-9-25)22-24-7-5-10-26(21-24)28-16-19-33-30(34-28)32-18-15-23-11-13-27(36)14-12-23/h2-5,7-14,16,19,21,36H,6,15,17-18,20,22H2,1H3,(H,31,37)(H,32,33,34). The van der Waals surface area contributed by atoms with E-state index in [9.17, 15) is 18.3 Å². The predicted molar refractivity (Wildman–Crippen MR) is 156 cm³/mol. The van der Waals surface area contributed by atoms with Crippen LogP contribution in [-0.2, 0) is 23.0 Å². The summed E-state index contributed by atoms with van der Waals surface area (Å²) in [6.07, 6.45) is 4.11. The summed E-state index contributed by atoms with van der Waals surface area (Å²) in [6.45, 7) is 1.48. The zero-order chi connectivity index (χ0) is 28.4. The summed E-state index contributed by atoms with van der Waals surface area (Å²) in [6, 6.07) is 25.4. The van der Waals surface area contributed by atoms with Crippen LogP contribution in [0, 0.1) is 0 Å². The van der Waals surface area contributed by atoms with E-state index in [-0.39, 0.29) is 24.7 Å². The SMILES string of the molecule is CS(=O)(=O)N(CCCNC(=O)c1ccccc1)Cc1cccc(-c2ccnc(NCCc3ccc(O)cc3)n2)c1. The molecule has 0 saturated heterocycles. The van der Waals surface area contributed by atoms with Gasteiger partial charge in [-0.1, -0.05) is 48.5 Å². The van der Waals surface area contributed by atoms with Crippen LogP contribution in [0.1, 0.15) is 27.9 Å². The third kappa shape index (κ3) is 8.62. The molecule has 3 N–H and O–H groups in total. The number of hydrogen-bond donors (Lipinski definition) is 3. The largest absolute Gasteiger partial charge is 0.508 e. The average molecular weight is 560 g/mol. The van der Waals surface area contributed by atoms with E-state index in [2.05, 4.69) is 20.6 Å². The van der Waals surface area contributed by atoms with E-state index < -0.39 is 10.0 Å². The topological polar surface area (TPSA) is 125 Å².